The highest BCUT2D eigenvalue weighted by molar-refractivity contribution is 7.98. The van der Waals surface area contributed by atoms with Crippen molar-refractivity contribution in [2.75, 3.05) is 26.0 Å². The molecule has 3 rings (SSSR count). The summed E-state index contributed by atoms with van der Waals surface area (Å²) in [5, 5.41) is 0. The Hall–Kier alpha value is -2.11. The summed E-state index contributed by atoms with van der Waals surface area (Å²) < 4.78 is 19.6. The maximum atomic E-state index is 13.9. The van der Waals surface area contributed by atoms with Crippen LogP contribution in [0.5, 0.6) is 0 Å². The molecule has 0 spiro atoms. The Morgan fingerprint density at radius 2 is 2.00 bits per heavy atom. The van der Waals surface area contributed by atoms with Gasteiger partial charge in [0.1, 0.15) is 11.9 Å². The molecule has 0 aliphatic carbocycles. The lowest BCUT2D eigenvalue weighted by Crippen LogP contribution is -2.41. The van der Waals surface area contributed by atoms with E-state index in [4.69, 9.17) is 4.74 Å². The van der Waals surface area contributed by atoms with E-state index in [-0.39, 0.29) is 11.7 Å². The number of halogens is 1. The van der Waals surface area contributed by atoms with Gasteiger partial charge in [-0.05, 0) is 36.1 Å². The van der Waals surface area contributed by atoms with E-state index < -0.39 is 6.10 Å². The van der Waals surface area contributed by atoms with Crippen LogP contribution in [0.15, 0.2) is 59.5 Å². The lowest BCUT2D eigenvalue weighted by atomic mass is 10.1. The van der Waals surface area contributed by atoms with Crippen molar-refractivity contribution in [1.82, 2.24) is 4.90 Å². The number of carbonyl (C=O) groups is 1. The minimum Gasteiger partial charge on any atom is -0.370 e. The van der Waals surface area contributed by atoms with Gasteiger partial charge in [-0.2, -0.15) is 0 Å². The molecule has 1 amide bonds. The number of rotatable bonds is 4. The van der Waals surface area contributed by atoms with Crippen LogP contribution in [0.25, 0.3) is 6.08 Å². The molecule has 1 aliphatic rings. The van der Waals surface area contributed by atoms with Crippen LogP contribution in [-0.2, 0) is 9.53 Å². The molecule has 5 heteroatoms. The fraction of sp³-hybridized carbons (Fsp3) is 0.250. The minimum absolute atomic E-state index is 0.0846. The predicted octanol–water partition coefficient (Wildman–Crippen LogP) is 4.16. The highest BCUT2D eigenvalue weighted by Crippen LogP contribution is 2.24. The molecule has 2 aromatic carbocycles. The van der Waals surface area contributed by atoms with Gasteiger partial charge in [-0.25, -0.2) is 4.39 Å². The van der Waals surface area contributed by atoms with E-state index in [1.54, 1.807) is 47.0 Å². The first-order chi connectivity index (χ1) is 12.2. The van der Waals surface area contributed by atoms with E-state index in [1.807, 2.05) is 30.5 Å². The number of amides is 1. The first-order valence-electron chi connectivity index (χ1n) is 8.14. The van der Waals surface area contributed by atoms with Gasteiger partial charge in [0.25, 0.3) is 0 Å². The molecule has 3 nitrogen and oxygen atoms in total. The van der Waals surface area contributed by atoms with Gasteiger partial charge >= 0.3 is 0 Å². The van der Waals surface area contributed by atoms with Gasteiger partial charge in [0.05, 0.1) is 13.2 Å². The Morgan fingerprint density at radius 1 is 1.24 bits per heavy atom. The van der Waals surface area contributed by atoms with Crippen molar-refractivity contribution in [3.8, 4) is 0 Å². The zero-order chi connectivity index (χ0) is 17.6. The van der Waals surface area contributed by atoms with Crippen LogP contribution in [0.3, 0.4) is 0 Å². The van der Waals surface area contributed by atoms with Crippen molar-refractivity contribution in [2.45, 2.75) is 11.0 Å². The van der Waals surface area contributed by atoms with Crippen LogP contribution in [0.2, 0.25) is 0 Å². The summed E-state index contributed by atoms with van der Waals surface area (Å²) in [7, 11) is 0. The first-order valence-corrected chi connectivity index (χ1v) is 9.37. The van der Waals surface area contributed by atoms with E-state index in [0.29, 0.717) is 25.3 Å². The maximum Gasteiger partial charge on any atom is 0.246 e. The molecule has 0 saturated carbocycles. The van der Waals surface area contributed by atoms with Crippen LogP contribution >= 0.6 is 11.8 Å². The van der Waals surface area contributed by atoms with Crippen molar-refractivity contribution in [3.05, 3.63) is 71.6 Å². The van der Waals surface area contributed by atoms with Crippen LogP contribution in [0, 0.1) is 5.82 Å². The molecule has 1 heterocycles. The number of carbonyl (C=O) groups excluding carboxylic acids is 1. The number of hydrogen-bond acceptors (Lipinski definition) is 3. The Morgan fingerprint density at radius 3 is 2.72 bits per heavy atom. The summed E-state index contributed by atoms with van der Waals surface area (Å²) in [6.45, 7) is 1.27. The third-order valence-electron chi connectivity index (χ3n) is 4.16. The van der Waals surface area contributed by atoms with Crippen molar-refractivity contribution in [3.63, 3.8) is 0 Å². The van der Waals surface area contributed by atoms with Gasteiger partial charge in [-0.3, -0.25) is 4.79 Å². The molecule has 1 fully saturated rings. The van der Waals surface area contributed by atoms with E-state index in [0.717, 1.165) is 5.56 Å². The zero-order valence-corrected chi connectivity index (χ0v) is 14.8. The number of thioether (sulfide) groups is 1. The standard InChI is InChI=1S/C20H20FNO2S/c1-25-16-9-6-15(7-10-16)8-11-20(23)22-12-13-24-19(14-22)17-4-2-3-5-18(17)21/h2-11,19H,12-14H2,1H3/b11-8+. The molecule has 1 aliphatic heterocycles. The number of hydrogen-bond donors (Lipinski definition) is 0. The molecule has 0 N–H and O–H groups in total. The van der Waals surface area contributed by atoms with Gasteiger partial charge in [0.15, 0.2) is 0 Å². The summed E-state index contributed by atoms with van der Waals surface area (Å²) in [5.41, 5.74) is 1.47. The zero-order valence-electron chi connectivity index (χ0n) is 14.0. The molecule has 1 saturated heterocycles. The van der Waals surface area contributed by atoms with Crippen LogP contribution in [-0.4, -0.2) is 36.8 Å². The summed E-state index contributed by atoms with van der Waals surface area (Å²) in [6.07, 6.45) is 4.98. The molecule has 2 aromatic rings. The quantitative estimate of drug-likeness (QED) is 0.608. The summed E-state index contributed by atoms with van der Waals surface area (Å²) >= 11 is 1.68. The monoisotopic (exact) mass is 357 g/mol. The van der Waals surface area contributed by atoms with Crippen LogP contribution in [0.1, 0.15) is 17.2 Å². The molecular formula is C20H20FNO2S. The van der Waals surface area contributed by atoms with Gasteiger partial charge in [-0.15, -0.1) is 11.8 Å². The lowest BCUT2D eigenvalue weighted by molar-refractivity contribution is -0.133. The molecule has 0 radical (unpaired) electrons. The fourth-order valence-corrected chi connectivity index (χ4v) is 3.17. The molecule has 0 aromatic heterocycles. The van der Waals surface area contributed by atoms with E-state index in [9.17, 15) is 9.18 Å². The second kappa shape index (κ2) is 8.32. The number of nitrogens with zero attached hydrogens (tertiary/aromatic N) is 1. The minimum atomic E-state index is -0.423. The Kier molecular flexibility index (Phi) is 5.89. The van der Waals surface area contributed by atoms with Crippen molar-refractivity contribution >= 4 is 23.7 Å². The highest BCUT2D eigenvalue weighted by Gasteiger charge is 2.26. The lowest BCUT2D eigenvalue weighted by Gasteiger charge is -2.32. The van der Waals surface area contributed by atoms with Gasteiger partial charge in [-0.1, -0.05) is 30.3 Å². The second-order valence-corrected chi connectivity index (χ2v) is 6.65. The van der Waals surface area contributed by atoms with E-state index >= 15 is 0 Å². The molecule has 0 bridgehead atoms. The molecule has 130 valence electrons. The third kappa shape index (κ3) is 4.50. The summed E-state index contributed by atoms with van der Waals surface area (Å²) in [5.74, 6) is -0.384. The smallest absolute Gasteiger partial charge is 0.246 e. The van der Waals surface area contributed by atoms with Crippen LogP contribution in [0.4, 0.5) is 4.39 Å². The average molecular weight is 357 g/mol. The van der Waals surface area contributed by atoms with E-state index in [2.05, 4.69) is 0 Å². The summed E-state index contributed by atoms with van der Waals surface area (Å²) in [6, 6.07) is 14.6. The van der Waals surface area contributed by atoms with Gasteiger partial charge < -0.3 is 9.64 Å². The van der Waals surface area contributed by atoms with Gasteiger partial charge in [0.2, 0.25) is 5.91 Å². The molecule has 1 atom stereocenters. The summed E-state index contributed by atoms with van der Waals surface area (Å²) in [4.78, 5) is 15.3. The normalized spacial score (nSPS) is 17.8. The second-order valence-electron chi connectivity index (χ2n) is 5.77. The third-order valence-corrected chi connectivity index (χ3v) is 4.91. The first kappa shape index (κ1) is 17.7. The number of morpholine rings is 1. The largest absolute Gasteiger partial charge is 0.370 e. The number of benzene rings is 2. The predicted molar refractivity (Wildman–Crippen MR) is 98.9 cm³/mol. The average Bonchev–Trinajstić information content (AvgIpc) is 2.67. The Labute approximate surface area is 151 Å². The Bertz CT molecular complexity index is 761. The Balaban J connectivity index is 1.65. The SMILES string of the molecule is CSc1ccc(/C=C/C(=O)N2CCOC(c3ccccc3F)C2)cc1. The van der Waals surface area contributed by atoms with Gasteiger partial charge in [0, 0.05) is 23.1 Å². The molecule has 1 unspecified atom stereocenters. The highest BCUT2D eigenvalue weighted by atomic mass is 32.2. The van der Waals surface area contributed by atoms with Crippen molar-refractivity contribution < 1.29 is 13.9 Å². The number of ether oxygens (including phenoxy) is 1. The fourth-order valence-electron chi connectivity index (χ4n) is 2.76. The molecular weight excluding hydrogens is 337 g/mol. The topological polar surface area (TPSA) is 29.5 Å². The van der Waals surface area contributed by atoms with Crippen molar-refractivity contribution in [1.29, 1.82) is 0 Å². The van der Waals surface area contributed by atoms with Crippen LogP contribution < -0.4 is 0 Å². The molecule has 25 heavy (non-hydrogen) atoms. The van der Waals surface area contributed by atoms with E-state index in [1.165, 1.54) is 11.0 Å². The van der Waals surface area contributed by atoms with Crippen molar-refractivity contribution in [2.24, 2.45) is 0 Å². The maximum absolute atomic E-state index is 13.9.